The van der Waals surface area contributed by atoms with Crippen molar-refractivity contribution in [3.63, 3.8) is 0 Å². The Morgan fingerprint density at radius 2 is 2.15 bits per heavy atom. The normalized spacial score (nSPS) is 10.6. The predicted molar refractivity (Wildman–Crippen MR) is 52.7 cm³/mol. The van der Waals surface area contributed by atoms with Gasteiger partial charge in [0.25, 0.3) is 0 Å². The van der Waals surface area contributed by atoms with Gasteiger partial charge in [0.05, 0.1) is 12.1 Å². The summed E-state index contributed by atoms with van der Waals surface area (Å²) in [4.78, 5) is 4.17. The topological polar surface area (TPSA) is 33.1 Å². The van der Waals surface area contributed by atoms with Crippen molar-refractivity contribution >= 4 is 22.5 Å². The summed E-state index contributed by atoms with van der Waals surface area (Å²) in [6.07, 6.45) is 1.69. The number of aromatic nitrogens is 1. The number of hydrogen-bond donors (Lipinski definition) is 1. The molecule has 1 aromatic heterocycles. The Hall–Kier alpha value is -1.12. The van der Waals surface area contributed by atoms with Crippen LogP contribution in [0.15, 0.2) is 30.5 Å². The van der Waals surface area contributed by atoms with Gasteiger partial charge in [-0.2, -0.15) is 0 Å². The van der Waals surface area contributed by atoms with Crippen LogP contribution in [0.5, 0.6) is 0 Å². The lowest BCUT2D eigenvalue weighted by molar-refractivity contribution is 0.283. The Balaban J connectivity index is 2.84. The van der Waals surface area contributed by atoms with E-state index in [-0.39, 0.29) is 6.61 Å². The molecular formula is C10H8ClNO. The van der Waals surface area contributed by atoms with Crippen LogP contribution in [-0.4, -0.2) is 10.1 Å². The number of nitrogens with zero attached hydrogens (tertiary/aromatic N) is 1. The molecule has 2 aromatic rings. The molecule has 2 nitrogen and oxygen atoms in total. The molecule has 3 heteroatoms. The quantitative estimate of drug-likeness (QED) is 0.755. The van der Waals surface area contributed by atoms with E-state index in [2.05, 4.69) is 4.98 Å². The van der Waals surface area contributed by atoms with E-state index in [0.717, 1.165) is 10.9 Å². The van der Waals surface area contributed by atoms with Crippen molar-refractivity contribution in [3.8, 4) is 0 Å². The molecule has 0 aliphatic heterocycles. The molecule has 0 amide bonds. The number of aliphatic hydroxyl groups is 1. The van der Waals surface area contributed by atoms with Gasteiger partial charge in [0.15, 0.2) is 0 Å². The first-order valence-corrected chi connectivity index (χ1v) is 4.33. The van der Waals surface area contributed by atoms with Crippen LogP contribution < -0.4 is 0 Å². The van der Waals surface area contributed by atoms with Crippen molar-refractivity contribution in [3.05, 3.63) is 41.0 Å². The maximum Gasteiger partial charge on any atom is 0.0772 e. The summed E-state index contributed by atoms with van der Waals surface area (Å²) in [6, 6.07) is 7.47. The molecule has 1 aromatic carbocycles. The molecule has 66 valence electrons. The first kappa shape index (κ1) is 8.48. The lowest BCUT2D eigenvalue weighted by atomic mass is 10.1. The van der Waals surface area contributed by atoms with Crippen LogP contribution in [0.25, 0.3) is 10.9 Å². The second kappa shape index (κ2) is 3.32. The molecule has 0 fully saturated rings. The first-order chi connectivity index (χ1) is 6.33. The number of aliphatic hydroxyl groups excluding tert-OH is 1. The summed E-state index contributed by atoms with van der Waals surface area (Å²) in [5, 5.41) is 10.7. The van der Waals surface area contributed by atoms with Gasteiger partial charge in [-0.1, -0.05) is 23.7 Å². The van der Waals surface area contributed by atoms with Crippen molar-refractivity contribution in [1.82, 2.24) is 4.98 Å². The fraction of sp³-hybridized carbons (Fsp3) is 0.100. The molecule has 13 heavy (non-hydrogen) atoms. The number of hydrogen-bond acceptors (Lipinski definition) is 2. The second-order valence-corrected chi connectivity index (χ2v) is 3.17. The Morgan fingerprint density at radius 1 is 1.31 bits per heavy atom. The average Bonchev–Trinajstić information content (AvgIpc) is 2.18. The van der Waals surface area contributed by atoms with Gasteiger partial charge in [0, 0.05) is 22.2 Å². The third-order valence-corrected chi connectivity index (χ3v) is 2.33. The molecule has 2 rings (SSSR count). The molecule has 0 bridgehead atoms. The summed E-state index contributed by atoms with van der Waals surface area (Å²) in [7, 11) is 0. The minimum Gasteiger partial charge on any atom is -0.392 e. The molecule has 1 N–H and O–H groups in total. The summed E-state index contributed by atoms with van der Waals surface area (Å²) < 4.78 is 0. The molecule has 0 spiro atoms. The molecule has 0 saturated carbocycles. The number of pyridine rings is 1. The largest absolute Gasteiger partial charge is 0.392 e. The van der Waals surface area contributed by atoms with E-state index in [4.69, 9.17) is 16.7 Å². The molecule has 0 aliphatic rings. The van der Waals surface area contributed by atoms with E-state index in [1.54, 1.807) is 12.3 Å². The summed E-state index contributed by atoms with van der Waals surface area (Å²) >= 11 is 5.90. The highest BCUT2D eigenvalue weighted by atomic mass is 35.5. The minimum absolute atomic E-state index is 0.0762. The van der Waals surface area contributed by atoms with E-state index in [1.165, 1.54) is 0 Å². The number of halogens is 1. The molecule has 0 atom stereocenters. The summed E-state index contributed by atoms with van der Waals surface area (Å²) in [5.41, 5.74) is 1.47. The van der Waals surface area contributed by atoms with Crippen LogP contribution in [0.4, 0.5) is 0 Å². The van der Waals surface area contributed by atoms with Crippen LogP contribution >= 0.6 is 11.6 Å². The van der Waals surface area contributed by atoms with Gasteiger partial charge < -0.3 is 5.11 Å². The molecule has 0 radical (unpaired) electrons. The lowest BCUT2D eigenvalue weighted by Crippen LogP contribution is -1.89. The third kappa shape index (κ3) is 1.39. The van der Waals surface area contributed by atoms with E-state index in [0.29, 0.717) is 10.6 Å². The van der Waals surface area contributed by atoms with Gasteiger partial charge >= 0.3 is 0 Å². The number of rotatable bonds is 1. The lowest BCUT2D eigenvalue weighted by Gasteiger charge is -2.04. The average molecular weight is 194 g/mol. The highest BCUT2D eigenvalue weighted by Gasteiger charge is 2.04. The summed E-state index contributed by atoms with van der Waals surface area (Å²) in [5.74, 6) is 0. The molecule has 0 unspecified atom stereocenters. The van der Waals surface area contributed by atoms with Gasteiger partial charge in [-0.3, -0.25) is 4.98 Å². The van der Waals surface area contributed by atoms with Crippen molar-refractivity contribution in [1.29, 1.82) is 0 Å². The molecule has 1 heterocycles. The smallest absolute Gasteiger partial charge is 0.0772 e. The Bertz CT molecular complexity index is 442. The first-order valence-electron chi connectivity index (χ1n) is 3.96. The van der Waals surface area contributed by atoms with E-state index in [9.17, 15) is 0 Å². The van der Waals surface area contributed by atoms with E-state index >= 15 is 0 Å². The van der Waals surface area contributed by atoms with E-state index < -0.39 is 0 Å². The predicted octanol–water partition coefficient (Wildman–Crippen LogP) is 2.38. The van der Waals surface area contributed by atoms with Gasteiger partial charge in [-0.05, 0) is 12.1 Å². The number of fused-ring (bicyclic) bond motifs is 1. The van der Waals surface area contributed by atoms with Gasteiger partial charge in [0.2, 0.25) is 0 Å². The zero-order valence-electron chi connectivity index (χ0n) is 6.87. The fourth-order valence-electron chi connectivity index (χ4n) is 1.33. The highest BCUT2D eigenvalue weighted by molar-refractivity contribution is 6.32. The van der Waals surface area contributed by atoms with Crippen LogP contribution in [0.3, 0.4) is 0 Å². The van der Waals surface area contributed by atoms with Crippen molar-refractivity contribution in [2.24, 2.45) is 0 Å². The Labute approximate surface area is 80.8 Å². The van der Waals surface area contributed by atoms with Crippen LogP contribution in [0.1, 0.15) is 5.56 Å². The van der Waals surface area contributed by atoms with Crippen LogP contribution in [0.2, 0.25) is 5.02 Å². The molecular weight excluding hydrogens is 186 g/mol. The minimum atomic E-state index is -0.0762. The van der Waals surface area contributed by atoms with Gasteiger partial charge in [-0.15, -0.1) is 0 Å². The van der Waals surface area contributed by atoms with E-state index in [1.807, 2.05) is 18.2 Å². The zero-order chi connectivity index (χ0) is 9.26. The standard InChI is InChI=1S/C10H8ClNO/c11-9-4-3-7-2-1-5-12-10(7)8(9)6-13/h1-5,13H,6H2. The van der Waals surface area contributed by atoms with Crippen molar-refractivity contribution < 1.29 is 5.11 Å². The molecule has 0 saturated heterocycles. The molecule has 0 aliphatic carbocycles. The monoisotopic (exact) mass is 193 g/mol. The SMILES string of the molecule is OCc1c(Cl)ccc2cccnc12. The second-order valence-electron chi connectivity index (χ2n) is 2.76. The van der Waals surface area contributed by atoms with Crippen molar-refractivity contribution in [2.45, 2.75) is 6.61 Å². The maximum absolute atomic E-state index is 9.09. The van der Waals surface area contributed by atoms with Crippen LogP contribution in [-0.2, 0) is 6.61 Å². The van der Waals surface area contributed by atoms with Gasteiger partial charge in [-0.25, -0.2) is 0 Å². The number of benzene rings is 1. The Morgan fingerprint density at radius 3 is 2.92 bits per heavy atom. The van der Waals surface area contributed by atoms with Crippen LogP contribution in [0, 0.1) is 0 Å². The highest BCUT2D eigenvalue weighted by Crippen LogP contribution is 2.23. The zero-order valence-corrected chi connectivity index (χ0v) is 7.62. The van der Waals surface area contributed by atoms with Crippen molar-refractivity contribution in [2.75, 3.05) is 0 Å². The Kier molecular flexibility index (Phi) is 2.17. The maximum atomic E-state index is 9.09. The fourth-order valence-corrected chi connectivity index (χ4v) is 1.54. The third-order valence-electron chi connectivity index (χ3n) is 1.98. The van der Waals surface area contributed by atoms with Gasteiger partial charge in [0.1, 0.15) is 0 Å². The summed E-state index contributed by atoms with van der Waals surface area (Å²) in [6.45, 7) is -0.0762.